The van der Waals surface area contributed by atoms with Gasteiger partial charge in [0.25, 0.3) is 0 Å². The fourth-order valence-corrected chi connectivity index (χ4v) is 2.67. The number of rotatable bonds is 6. The average molecular weight is 217 g/mol. The molecule has 1 aromatic carbocycles. The van der Waals surface area contributed by atoms with Crippen molar-refractivity contribution in [3.05, 3.63) is 35.9 Å². The van der Waals surface area contributed by atoms with Crippen molar-refractivity contribution in [2.45, 2.75) is 45.1 Å². The maximum absolute atomic E-state index is 3.68. The molecule has 2 rings (SSSR count). The van der Waals surface area contributed by atoms with Crippen LogP contribution in [0.25, 0.3) is 0 Å². The van der Waals surface area contributed by atoms with Crippen molar-refractivity contribution in [3.63, 3.8) is 0 Å². The van der Waals surface area contributed by atoms with Gasteiger partial charge in [-0.15, -0.1) is 0 Å². The predicted molar refractivity (Wildman–Crippen MR) is 69.7 cm³/mol. The summed E-state index contributed by atoms with van der Waals surface area (Å²) in [4.78, 5) is 0. The third-order valence-electron chi connectivity index (χ3n) is 3.68. The average Bonchev–Trinajstić information content (AvgIpc) is 3.12. The Kier molecular flexibility index (Phi) is 4.00. The molecule has 3 unspecified atom stereocenters. The van der Waals surface area contributed by atoms with Crippen LogP contribution in [-0.2, 0) is 0 Å². The summed E-state index contributed by atoms with van der Waals surface area (Å²) >= 11 is 0. The molecule has 1 nitrogen and oxygen atoms in total. The lowest BCUT2D eigenvalue weighted by Gasteiger charge is -2.16. The van der Waals surface area contributed by atoms with E-state index in [-0.39, 0.29) is 0 Å². The van der Waals surface area contributed by atoms with Gasteiger partial charge in [0.15, 0.2) is 0 Å². The smallest absolute Gasteiger partial charge is 0.00987 e. The number of benzene rings is 1. The van der Waals surface area contributed by atoms with Crippen LogP contribution in [0, 0.1) is 5.92 Å². The Hall–Kier alpha value is -0.820. The molecule has 88 valence electrons. The molecule has 0 radical (unpaired) electrons. The van der Waals surface area contributed by atoms with Crippen molar-refractivity contribution >= 4 is 0 Å². The summed E-state index contributed by atoms with van der Waals surface area (Å²) in [7, 11) is 0. The van der Waals surface area contributed by atoms with Gasteiger partial charge in [0.2, 0.25) is 0 Å². The summed E-state index contributed by atoms with van der Waals surface area (Å²) < 4.78 is 0. The van der Waals surface area contributed by atoms with Crippen molar-refractivity contribution in [1.29, 1.82) is 0 Å². The maximum atomic E-state index is 3.68. The molecule has 1 aliphatic carbocycles. The van der Waals surface area contributed by atoms with Gasteiger partial charge in [0.05, 0.1) is 0 Å². The minimum absolute atomic E-state index is 0.727. The van der Waals surface area contributed by atoms with E-state index in [4.69, 9.17) is 0 Å². The van der Waals surface area contributed by atoms with Gasteiger partial charge in [-0.25, -0.2) is 0 Å². The van der Waals surface area contributed by atoms with E-state index in [2.05, 4.69) is 49.5 Å². The SMILES string of the molecule is CCCNC(CC)C1CC1c1ccccc1. The molecule has 0 spiro atoms. The van der Waals surface area contributed by atoms with Crippen LogP contribution in [0.15, 0.2) is 30.3 Å². The van der Waals surface area contributed by atoms with E-state index in [0.29, 0.717) is 0 Å². The largest absolute Gasteiger partial charge is 0.314 e. The van der Waals surface area contributed by atoms with Crippen LogP contribution in [0.4, 0.5) is 0 Å². The van der Waals surface area contributed by atoms with Crippen molar-refractivity contribution in [2.24, 2.45) is 5.92 Å². The van der Waals surface area contributed by atoms with E-state index in [0.717, 1.165) is 24.4 Å². The van der Waals surface area contributed by atoms with E-state index in [1.54, 1.807) is 0 Å². The Labute approximate surface area is 99.3 Å². The minimum atomic E-state index is 0.727. The van der Waals surface area contributed by atoms with Crippen molar-refractivity contribution in [2.75, 3.05) is 6.54 Å². The summed E-state index contributed by atoms with van der Waals surface area (Å²) in [5.41, 5.74) is 1.53. The molecule has 1 N–H and O–H groups in total. The monoisotopic (exact) mass is 217 g/mol. The van der Waals surface area contributed by atoms with Crippen LogP contribution in [0.3, 0.4) is 0 Å². The molecule has 0 amide bonds. The summed E-state index contributed by atoms with van der Waals surface area (Å²) in [5, 5.41) is 3.68. The van der Waals surface area contributed by atoms with Gasteiger partial charge < -0.3 is 5.32 Å². The molecule has 1 fully saturated rings. The molecule has 3 atom stereocenters. The molecular weight excluding hydrogens is 194 g/mol. The van der Waals surface area contributed by atoms with Crippen LogP contribution in [0.5, 0.6) is 0 Å². The van der Waals surface area contributed by atoms with Crippen LogP contribution < -0.4 is 5.32 Å². The zero-order chi connectivity index (χ0) is 11.4. The van der Waals surface area contributed by atoms with E-state index in [1.807, 2.05) is 0 Å². The Morgan fingerprint density at radius 3 is 2.62 bits per heavy atom. The second-order valence-electron chi connectivity index (χ2n) is 4.89. The lowest BCUT2D eigenvalue weighted by Crippen LogP contribution is -2.31. The zero-order valence-corrected chi connectivity index (χ0v) is 10.4. The quantitative estimate of drug-likeness (QED) is 0.768. The maximum Gasteiger partial charge on any atom is 0.00987 e. The summed E-state index contributed by atoms with van der Waals surface area (Å²) in [6.45, 7) is 5.70. The second-order valence-corrected chi connectivity index (χ2v) is 4.89. The van der Waals surface area contributed by atoms with Crippen molar-refractivity contribution in [1.82, 2.24) is 5.32 Å². The topological polar surface area (TPSA) is 12.0 Å². The Morgan fingerprint density at radius 1 is 1.25 bits per heavy atom. The molecule has 0 bridgehead atoms. The third-order valence-corrected chi connectivity index (χ3v) is 3.68. The molecule has 0 aromatic heterocycles. The molecule has 1 heteroatoms. The number of nitrogens with one attached hydrogen (secondary N) is 1. The fraction of sp³-hybridized carbons (Fsp3) is 0.600. The zero-order valence-electron chi connectivity index (χ0n) is 10.4. The normalized spacial score (nSPS) is 25.4. The summed E-state index contributed by atoms with van der Waals surface area (Å²) in [6.07, 6.45) is 3.87. The first-order chi connectivity index (χ1) is 7.86. The van der Waals surface area contributed by atoms with Crippen LogP contribution in [-0.4, -0.2) is 12.6 Å². The Morgan fingerprint density at radius 2 is 2.00 bits per heavy atom. The Balaban J connectivity index is 1.89. The summed E-state index contributed by atoms with van der Waals surface area (Å²) in [5.74, 6) is 1.69. The van der Waals surface area contributed by atoms with Gasteiger partial charge in [-0.1, -0.05) is 44.2 Å². The first-order valence-corrected chi connectivity index (χ1v) is 6.65. The number of hydrogen-bond donors (Lipinski definition) is 1. The molecule has 0 heterocycles. The van der Waals surface area contributed by atoms with Crippen LogP contribution in [0.2, 0.25) is 0 Å². The molecule has 1 saturated carbocycles. The second kappa shape index (κ2) is 5.49. The third kappa shape index (κ3) is 2.65. The van der Waals surface area contributed by atoms with E-state index < -0.39 is 0 Å². The lowest BCUT2D eigenvalue weighted by molar-refractivity contribution is 0.443. The highest BCUT2D eigenvalue weighted by Gasteiger charge is 2.42. The van der Waals surface area contributed by atoms with Crippen LogP contribution in [0.1, 0.15) is 44.6 Å². The van der Waals surface area contributed by atoms with Gasteiger partial charge in [-0.3, -0.25) is 0 Å². The van der Waals surface area contributed by atoms with Gasteiger partial charge in [-0.05, 0) is 43.2 Å². The molecule has 1 aliphatic rings. The van der Waals surface area contributed by atoms with Crippen molar-refractivity contribution in [3.8, 4) is 0 Å². The van der Waals surface area contributed by atoms with Crippen LogP contribution >= 0.6 is 0 Å². The minimum Gasteiger partial charge on any atom is -0.314 e. The molecule has 0 saturated heterocycles. The Bertz CT molecular complexity index is 306. The lowest BCUT2D eigenvalue weighted by atomic mass is 10.0. The highest BCUT2D eigenvalue weighted by Crippen LogP contribution is 2.50. The molecule has 16 heavy (non-hydrogen) atoms. The van der Waals surface area contributed by atoms with Gasteiger partial charge >= 0.3 is 0 Å². The molecule has 0 aliphatic heterocycles. The first kappa shape index (κ1) is 11.7. The van der Waals surface area contributed by atoms with E-state index >= 15 is 0 Å². The highest BCUT2D eigenvalue weighted by molar-refractivity contribution is 5.26. The fourth-order valence-electron chi connectivity index (χ4n) is 2.67. The van der Waals surface area contributed by atoms with Gasteiger partial charge in [-0.2, -0.15) is 0 Å². The standard InChI is InChI=1S/C15H23N/c1-3-10-16-15(4-2)14-11-13(14)12-8-6-5-7-9-12/h5-9,13-16H,3-4,10-11H2,1-2H3. The summed E-state index contributed by atoms with van der Waals surface area (Å²) in [6, 6.07) is 11.7. The molecule has 1 aromatic rings. The highest BCUT2D eigenvalue weighted by atomic mass is 14.9. The van der Waals surface area contributed by atoms with E-state index in [9.17, 15) is 0 Å². The van der Waals surface area contributed by atoms with Gasteiger partial charge in [0.1, 0.15) is 0 Å². The molecular formula is C15H23N. The number of hydrogen-bond acceptors (Lipinski definition) is 1. The van der Waals surface area contributed by atoms with Crippen molar-refractivity contribution < 1.29 is 0 Å². The predicted octanol–water partition coefficient (Wildman–Crippen LogP) is 3.57. The van der Waals surface area contributed by atoms with E-state index in [1.165, 1.54) is 24.8 Å². The first-order valence-electron chi connectivity index (χ1n) is 6.65. The van der Waals surface area contributed by atoms with Gasteiger partial charge in [0, 0.05) is 6.04 Å².